The molecular weight excluding hydrogens is 451 g/mol. The molecule has 2 rings (SSSR count). The molecule has 0 bridgehead atoms. The Hall–Kier alpha value is -0.530. The number of rotatable bonds is 5. The largest absolute Gasteiger partial charge is 0.310 e. The lowest BCUT2D eigenvalue weighted by atomic mass is 9.98. The fourth-order valence-corrected chi connectivity index (χ4v) is 3.32. The second-order valence-electron chi connectivity index (χ2n) is 4.72. The molecular formula is C16H15BrF2IN. The third-order valence-electron chi connectivity index (χ3n) is 3.22. The lowest BCUT2D eigenvalue weighted by molar-refractivity contribution is 0.519. The van der Waals surface area contributed by atoms with E-state index in [2.05, 4.69) is 43.8 Å². The fraction of sp³-hybridized carbons (Fsp3) is 0.250. The molecule has 0 amide bonds. The summed E-state index contributed by atoms with van der Waals surface area (Å²) in [5.41, 5.74) is 1.62. The number of likely N-dealkylation sites (N-methyl/N-ethyl adjacent to an activating group) is 1. The number of hydrogen-bond acceptors (Lipinski definition) is 1. The van der Waals surface area contributed by atoms with E-state index in [1.54, 1.807) is 0 Å². The van der Waals surface area contributed by atoms with Gasteiger partial charge in [-0.25, -0.2) is 8.78 Å². The Kier molecular flexibility index (Phi) is 6.13. The molecule has 1 nitrogen and oxygen atoms in total. The molecule has 0 aliphatic rings. The third kappa shape index (κ3) is 4.47. The van der Waals surface area contributed by atoms with E-state index in [1.165, 1.54) is 12.1 Å². The van der Waals surface area contributed by atoms with E-state index < -0.39 is 11.6 Å². The minimum atomic E-state index is -0.548. The SMILES string of the molecule is CCNC(Cc1ccc(F)cc1F)c1cc(Br)ccc1I. The quantitative estimate of drug-likeness (QED) is 0.596. The van der Waals surface area contributed by atoms with Crippen LogP contribution in [0.2, 0.25) is 0 Å². The standard InChI is InChI=1S/C16H15BrF2IN/c1-2-21-16(13-8-11(17)4-6-15(13)20)7-10-3-5-12(18)9-14(10)19/h3-6,8-9,16,21H,2,7H2,1H3. The van der Waals surface area contributed by atoms with Gasteiger partial charge in [0.05, 0.1) is 0 Å². The van der Waals surface area contributed by atoms with Gasteiger partial charge in [0.15, 0.2) is 0 Å². The van der Waals surface area contributed by atoms with Crippen molar-refractivity contribution in [3.63, 3.8) is 0 Å². The monoisotopic (exact) mass is 465 g/mol. The van der Waals surface area contributed by atoms with Gasteiger partial charge in [-0.15, -0.1) is 0 Å². The van der Waals surface area contributed by atoms with Crippen LogP contribution in [0.4, 0.5) is 8.78 Å². The predicted octanol–water partition coefficient (Wildman–Crippen LogP) is 5.23. The van der Waals surface area contributed by atoms with Crippen molar-refractivity contribution in [1.29, 1.82) is 0 Å². The minimum Gasteiger partial charge on any atom is -0.310 e. The summed E-state index contributed by atoms with van der Waals surface area (Å²) >= 11 is 5.74. The highest BCUT2D eigenvalue weighted by Crippen LogP contribution is 2.27. The number of nitrogens with one attached hydrogen (secondary N) is 1. The smallest absolute Gasteiger partial charge is 0.129 e. The molecule has 0 fully saturated rings. The Bertz CT molecular complexity index is 634. The summed E-state index contributed by atoms with van der Waals surface area (Å²) in [5.74, 6) is -1.05. The first-order valence-corrected chi connectivity index (χ1v) is 8.50. The van der Waals surface area contributed by atoms with E-state index in [9.17, 15) is 8.78 Å². The second kappa shape index (κ2) is 7.65. The highest BCUT2D eigenvalue weighted by molar-refractivity contribution is 14.1. The summed E-state index contributed by atoms with van der Waals surface area (Å²) in [7, 11) is 0. The van der Waals surface area contributed by atoms with Gasteiger partial charge in [0.2, 0.25) is 0 Å². The molecule has 0 aliphatic heterocycles. The van der Waals surface area contributed by atoms with Crippen molar-refractivity contribution >= 4 is 38.5 Å². The molecule has 0 aliphatic carbocycles. The Labute approximate surface area is 145 Å². The maximum atomic E-state index is 13.9. The van der Waals surface area contributed by atoms with Crippen molar-refractivity contribution in [2.24, 2.45) is 0 Å². The average molecular weight is 466 g/mol. The molecule has 0 heterocycles. The fourth-order valence-electron chi connectivity index (χ4n) is 2.23. The first-order valence-electron chi connectivity index (χ1n) is 6.63. The van der Waals surface area contributed by atoms with Gasteiger partial charge in [-0.2, -0.15) is 0 Å². The molecule has 5 heteroatoms. The highest BCUT2D eigenvalue weighted by atomic mass is 127. The van der Waals surface area contributed by atoms with Gasteiger partial charge in [0, 0.05) is 20.2 Å². The van der Waals surface area contributed by atoms with Crippen molar-refractivity contribution < 1.29 is 8.78 Å². The van der Waals surface area contributed by atoms with Gasteiger partial charge in [-0.05, 0) is 70.9 Å². The van der Waals surface area contributed by atoms with Gasteiger partial charge < -0.3 is 5.32 Å². The van der Waals surface area contributed by atoms with Crippen LogP contribution < -0.4 is 5.32 Å². The van der Waals surface area contributed by atoms with E-state index in [1.807, 2.05) is 25.1 Å². The van der Waals surface area contributed by atoms with Gasteiger partial charge in [0.25, 0.3) is 0 Å². The zero-order valence-corrected chi connectivity index (χ0v) is 15.2. The summed E-state index contributed by atoms with van der Waals surface area (Å²) < 4.78 is 29.0. The van der Waals surface area contributed by atoms with Crippen LogP contribution in [-0.2, 0) is 6.42 Å². The Morgan fingerprint density at radius 2 is 1.95 bits per heavy atom. The van der Waals surface area contributed by atoms with Gasteiger partial charge >= 0.3 is 0 Å². The Balaban J connectivity index is 2.32. The average Bonchev–Trinajstić information content (AvgIpc) is 2.44. The lowest BCUT2D eigenvalue weighted by Crippen LogP contribution is -2.24. The zero-order valence-electron chi connectivity index (χ0n) is 11.5. The van der Waals surface area contributed by atoms with E-state index in [4.69, 9.17) is 0 Å². The minimum absolute atomic E-state index is 0.0145. The molecule has 112 valence electrons. The van der Waals surface area contributed by atoms with Crippen LogP contribution in [-0.4, -0.2) is 6.54 Å². The molecule has 0 radical (unpaired) electrons. The van der Waals surface area contributed by atoms with E-state index in [-0.39, 0.29) is 6.04 Å². The van der Waals surface area contributed by atoms with Crippen LogP contribution in [0.5, 0.6) is 0 Å². The van der Waals surface area contributed by atoms with Crippen LogP contribution in [0.1, 0.15) is 24.1 Å². The van der Waals surface area contributed by atoms with E-state index in [0.717, 1.165) is 26.2 Å². The molecule has 21 heavy (non-hydrogen) atoms. The van der Waals surface area contributed by atoms with Crippen LogP contribution in [0.15, 0.2) is 40.9 Å². The Morgan fingerprint density at radius 3 is 2.62 bits per heavy atom. The molecule has 0 saturated carbocycles. The van der Waals surface area contributed by atoms with Crippen molar-refractivity contribution in [3.05, 3.63) is 67.2 Å². The summed E-state index contributed by atoms with van der Waals surface area (Å²) in [4.78, 5) is 0. The third-order valence-corrected chi connectivity index (χ3v) is 4.70. The maximum absolute atomic E-state index is 13.9. The van der Waals surface area contributed by atoms with Gasteiger partial charge in [-0.1, -0.05) is 28.9 Å². The number of hydrogen-bond donors (Lipinski definition) is 1. The van der Waals surface area contributed by atoms with Crippen LogP contribution >= 0.6 is 38.5 Å². The summed E-state index contributed by atoms with van der Waals surface area (Å²) in [5, 5.41) is 3.37. The lowest BCUT2D eigenvalue weighted by Gasteiger charge is -2.20. The summed E-state index contributed by atoms with van der Waals surface area (Å²) in [6.07, 6.45) is 0.479. The number of benzene rings is 2. The van der Waals surface area contributed by atoms with Gasteiger partial charge in [0.1, 0.15) is 11.6 Å². The maximum Gasteiger partial charge on any atom is 0.129 e. The van der Waals surface area contributed by atoms with Crippen LogP contribution in [0, 0.1) is 15.2 Å². The first-order chi connectivity index (χ1) is 10.0. The van der Waals surface area contributed by atoms with Crippen molar-refractivity contribution in [2.45, 2.75) is 19.4 Å². The zero-order chi connectivity index (χ0) is 15.4. The molecule has 0 spiro atoms. The number of halogens is 4. The molecule has 0 saturated heterocycles. The topological polar surface area (TPSA) is 12.0 Å². The molecule has 2 aromatic carbocycles. The normalized spacial score (nSPS) is 12.4. The molecule has 1 atom stereocenters. The van der Waals surface area contributed by atoms with E-state index >= 15 is 0 Å². The van der Waals surface area contributed by atoms with Crippen molar-refractivity contribution in [3.8, 4) is 0 Å². The van der Waals surface area contributed by atoms with Crippen molar-refractivity contribution in [2.75, 3.05) is 6.54 Å². The van der Waals surface area contributed by atoms with Crippen molar-refractivity contribution in [1.82, 2.24) is 5.32 Å². The predicted molar refractivity (Wildman–Crippen MR) is 93.3 cm³/mol. The molecule has 2 aromatic rings. The van der Waals surface area contributed by atoms with E-state index in [0.29, 0.717) is 12.0 Å². The summed E-state index contributed by atoms with van der Waals surface area (Å²) in [6, 6.07) is 9.77. The highest BCUT2D eigenvalue weighted by Gasteiger charge is 2.17. The molecule has 1 N–H and O–H groups in total. The molecule has 1 unspecified atom stereocenters. The first kappa shape index (κ1) is 16.8. The summed E-state index contributed by atoms with van der Waals surface area (Å²) in [6.45, 7) is 2.79. The Morgan fingerprint density at radius 1 is 1.19 bits per heavy atom. The second-order valence-corrected chi connectivity index (χ2v) is 6.79. The van der Waals surface area contributed by atoms with Crippen LogP contribution in [0.25, 0.3) is 0 Å². The van der Waals surface area contributed by atoms with Gasteiger partial charge in [-0.3, -0.25) is 0 Å². The van der Waals surface area contributed by atoms with Crippen LogP contribution in [0.3, 0.4) is 0 Å². The molecule has 0 aromatic heterocycles.